The van der Waals surface area contributed by atoms with Crippen LogP contribution in [-0.2, 0) is 6.61 Å². The quantitative estimate of drug-likeness (QED) is 0.538. The molecule has 170 valence electrons. The molecule has 3 aromatic rings. The number of benzene rings is 1. The number of nitrogens with one attached hydrogen (secondary N) is 1. The van der Waals surface area contributed by atoms with E-state index in [-0.39, 0.29) is 11.9 Å². The number of rotatable bonds is 9. The number of nitrogens with zero attached hydrogens (tertiary/aromatic N) is 2. The van der Waals surface area contributed by atoms with Crippen LogP contribution in [0.25, 0.3) is 0 Å². The average molecular weight is 440 g/mol. The number of furan rings is 1. The minimum Gasteiger partial charge on any atom is -0.493 e. The lowest BCUT2D eigenvalue weighted by molar-refractivity contribution is 0.0933. The van der Waals surface area contributed by atoms with E-state index in [1.54, 1.807) is 31.6 Å². The van der Waals surface area contributed by atoms with Crippen LogP contribution >= 0.6 is 0 Å². The van der Waals surface area contributed by atoms with Crippen molar-refractivity contribution in [3.63, 3.8) is 0 Å². The second kappa shape index (κ2) is 9.91. The molecule has 2 aromatic heterocycles. The molecule has 1 N–H and O–H groups in total. The first-order chi connectivity index (χ1) is 15.6. The van der Waals surface area contributed by atoms with Crippen LogP contribution in [0, 0.1) is 13.8 Å². The Bertz CT molecular complexity index is 1020. The van der Waals surface area contributed by atoms with Crippen LogP contribution in [0.2, 0.25) is 0 Å². The Labute approximate surface area is 187 Å². The van der Waals surface area contributed by atoms with E-state index in [0.29, 0.717) is 30.2 Å². The van der Waals surface area contributed by atoms with E-state index in [2.05, 4.69) is 15.4 Å². The molecule has 0 radical (unpaired) electrons. The molecule has 8 nitrogen and oxygen atoms in total. The fraction of sp³-hybridized carbons (Fsp3) is 0.417. The van der Waals surface area contributed by atoms with E-state index in [1.165, 1.54) is 0 Å². The van der Waals surface area contributed by atoms with E-state index >= 15 is 0 Å². The summed E-state index contributed by atoms with van der Waals surface area (Å²) >= 11 is 0. The van der Waals surface area contributed by atoms with E-state index in [1.807, 2.05) is 26.0 Å². The number of ether oxygens (including phenoxy) is 2. The molecule has 1 atom stereocenters. The van der Waals surface area contributed by atoms with Gasteiger partial charge in [-0.25, -0.2) is 0 Å². The van der Waals surface area contributed by atoms with Crippen LogP contribution in [0.4, 0.5) is 0 Å². The number of aromatic nitrogens is 1. The Morgan fingerprint density at radius 3 is 2.69 bits per heavy atom. The normalized spacial score (nSPS) is 15.0. The van der Waals surface area contributed by atoms with Crippen LogP contribution in [0.3, 0.4) is 0 Å². The number of hydrogen-bond donors (Lipinski definition) is 1. The number of amides is 1. The largest absolute Gasteiger partial charge is 0.493 e. The maximum absolute atomic E-state index is 12.9. The molecule has 8 heteroatoms. The number of likely N-dealkylation sites (tertiary alicyclic amines) is 1. The van der Waals surface area contributed by atoms with Gasteiger partial charge in [0.1, 0.15) is 18.1 Å². The fourth-order valence-corrected chi connectivity index (χ4v) is 4.02. The van der Waals surface area contributed by atoms with Crippen molar-refractivity contribution >= 4 is 5.91 Å². The van der Waals surface area contributed by atoms with E-state index in [0.717, 1.165) is 48.7 Å². The summed E-state index contributed by atoms with van der Waals surface area (Å²) in [5, 5.41) is 6.99. The summed E-state index contributed by atoms with van der Waals surface area (Å²) < 4.78 is 22.2. The molecule has 1 aromatic carbocycles. The van der Waals surface area contributed by atoms with Gasteiger partial charge in [0.15, 0.2) is 11.5 Å². The SMILES string of the molecule is COc1cc(C(=O)NC[C@@H](c2ccco2)N2CCCC2)ccc1OCc1c(C)noc1C. The molecule has 0 spiro atoms. The topological polar surface area (TPSA) is 90.0 Å². The Morgan fingerprint density at radius 2 is 2.03 bits per heavy atom. The van der Waals surface area contributed by atoms with Gasteiger partial charge in [-0.3, -0.25) is 9.69 Å². The van der Waals surface area contributed by atoms with Crippen LogP contribution in [0.15, 0.2) is 45.5 Å². The summed E-state index contributed by atoms with van der Waals surface area (Å²) in [6.45, 7) is 6.51. The monoisotopic (exact) mass is 439 g/mol. The van der Waals surface area contributed by atoms with Gasteiger partial charge in [-0.1, -0.05) is 5.16 Å². The van der Waals surface area contributed by atoms with Gasteiger partial charge < -0.3 is 23.7 Å². The van der Waals surface area contributed by atoms with Gasteiger partial charge in [0.2, 0.25) is 0 Å². The summed E-state index contributed by atoms with van der Waals surface area (Å²) in [6.07, 6.45) is 4.00. The predicted molar refractivity (Wildman–Crippen MR) is 118 cm³/mol. The Hall–Kier alpha value is -3.26. The minimum atomic E-state index is -0.170. The van der Waals surface area contributed by atoms with Gasteiger partial charge in [-0.15, -0.1) is 0 Å². The Kier molecular flexibility index (Phi) is 6.80. The van der Waals surface area contributed by atoms with Crippen molar-refractivity contribution in [3.8, 4) is 11.5 Å². The Balaban J connectivity index is 1.42. The molecule has 1 saturated heterocycles. The molecule has 0 unspecified atom stereocenters. The summed E-state index contributed by atoms with van der Waals surface area (Å²) in [6, 6.07) is 9.04. The zero-order valence-electron chi connectivity index (χ0n) is 18.7. The summed E-state index contributed by atoms with van der Waals surface area (Å²) in [5.41, 5.74) is 2.20. The molecule has 3 heterocycles. The highest BCUT2D eigenvalue weighted by Crippen LogP contribution is 2.30. The van der Waals surface area contributed by atoms with Crippen molar-refractivity contribution in [2.45, 2.75) is 39.3 Å². The van der Waals surface area contributed by atoms with Gasteiger partial charge in [0.25, 0.3) is 5.91 Å². The maximum atomic E-state index is 12.9. The van der Waals surface area contributed by atoms with Crippen molar-refractivity contribution in [1.82, 2.24) is 15.4 Å². The first-order valence-corrected chi connectivity index (χ1v) is 10.8. The number of carbonyl (C=O) groups is 1. The fourth-order valence-electron chi connectivity index (χ4n) is 4.02. The number of methoxy groups -OCH3 is 1. The third kappa shape index (κ3) is 4.80. The summed E-state index contributed by atoms with van der Waals surface area (Å²) in [5.74, 6) is 2.46. The number of hydrogen-bond acceptors (Lipinski definition) is 7. The standard InChI is InChI=1S/C24H29N3O5/c1-16-19(17(2)32-26-16)15-31-22-9-8-18(13-23(22)29-3)24(28)25-14-20(21-7-6-12-30-21)27-10-4-5-11-27/h6-9,12-13,20H,4-5,10-11,14-15H2,1-3H3,(H,25,28)/t20-/m0/s1. The third-order valence-corrected chi connectivity index (χ3v) is 5.89. The highest BCUT2D eigenvalue weighted by molar-refractivity contribution is 5.94. The molecule has 1 aliphatic heterocycles. The van der Waals surface area contributed by atoms with Gasteiger partial charge in [0, 0.05) is 12.1 Å². The number of carbonyl (C=O) groups excluding carboxylic acids is 1. The van der Waals surface area contributed by atoms with Gasteiger partial charge in [-0.05, 0) is 70.1 Å². The van der Waals surface area contributed by atoms with E-state index in [4.69, 9.17) is 18.4 Å². The lowest BCUT2D eigenvalue weighted by Gasteiger charge is -2.26. The van der Waals surface area contributed by atoms with Crippen molar-refractivity contribution in [1.29, 1.82) is 0 Å². The van der Waals surface area contributed by atoms with Crippen molar-refractivity contribution in [2.75, 3.05) is 26.7 Å². The molecule has 0 bridgehead atoms. The summed E-state index contributed by atoms with van der Waals surface area (Å²) in [7, 11) is 1.56. The minimum absolute atomic E-state index is 0.0241. The molecule has 0 saturated carbocycles. The van der Waals surface area contributed by atoms with Crippen molar-refractivity contribution < 1.29 is 23.2 Å². The van der Waals surface area contributed by atoms with Gasteiger partial charge >= 0.3 is 0 Å². The second-order valence-electron chi connectivity index (χ2n) is 7.94. The van der Waals surface area contributed by atoms with E-state index < -0.39 is 0 Å². The molecule has 1 amide bonds. The lowest BCUT2D eigenvalue weighted by Crippen LogP contribution is -2.36. The van der Waals surface area contributed by atoms with E-state index in [9.17, 15) is 4.79 Å². The van der Waals surface area contributed by atoms with Crippen LogP contribution in [0.1, 0.15) is 52.0 Å². The molecule has 0 aliphatic carbocycles. The highest BCUT2D eigenvalue weighted by Gasteiger charge is 2.26. The molecule has 1 fully saturated rings. The highest BCUT2D eigenvalue weighted by atomic mass is 16.5. The van der Waals surface area contributed by atoms with Crippen molar-refractivity contribution in [2.24, 2.45) is 0 Å². The van der Waals surface area contributed by atoms with Gasteiger partial charge in [0.05, 0.1) is 30.7 Å². The zero-order chi connectivity index (χ0) is 22.5. The lowest BCUT2D eigenvalue weighted by atomic mass is 10.1. The molecule has 32 heavy (non-hydrogen) atoms. The van der Waals surface area contributed by atoms with Crippen molar-refractivity contribution in [3.05, 3.63) is 64.9 Å². The molecular formula is C24H29N3O5. The molecule has 1 aliphatic rings. The predicted octanol–water partition coefficient (Wildman–Crippen LogP) is 4.04. The zero-order valence-corrected chi connectivity index (χ0v) is 18.7. The van der Waals surface area contributed by atoms with Crippen LogP contribution in [-0.4, -0.2) is 42.7 Å². The molecular weight excluding hydrogens is 410 g/mol. The molecule has 4 rings (SSSR count). The first kappa shape index (κ1) is 22.0. The average Bonchev–Trinajstić information content (AvgIpc) is 3.57. The number of aryl methyl sites for hydroxylation is 2. The first-order valence-electron chi connectivity index (χ1n) is 10.8. The smallest absolute Gasteiger partial charge is 0.251 e. The van der Waals surface area contributed by atoms with Gasteiger partial charge in [-0.2, -0.15) is 0 Å². The third-order valence-electron chi connectivity index (χ3n) is 5.89. The van der Waals surface area contributed by atoms with Crippen LogP contribution in [0.5, 0.6) is 11.5 Å². The second-order valence-corrected chi connectivity index (χ2v) is 7.94. The van der Waals surface area contributed by atoms with Crippen LogP contribution < -0.4 is 14.8 Å². The summed E-state index contributed by atoms with van der Waals surface area (Å²) in [4.78, 5) is 15.2. The maximum Gasteiger partial charge on any atom is 0.251 e. The Morgan fingerprint density at radius 1 is 1.22 bits per heavy atom.